The van der Waals surface area contributed by atoms with Gasteiger partial charge in [0, 0.05) is 17.3 Å². The molecule has 3 aromatic rings. The van der Waals surface area contributed by atoms with E-state index in [-0.39, 0.29) is 30.3 Å². The summed E-state index contributed by atoms with van der Waals surface area (Å²) in [6, 6.07) is 21.8. The first-order chi connectivity index (χ1) is 14.1. The van der Waals surface area contributed by atoms with Crippen LogP contribution in [0, 0.1) is 0 Å². The molecule has 0 aromatic heterocycles. The van der Waals surface area contributed by atoms with E-state index >= 15 is 0 Å². The predicted molar refractivity (Wildman–Crippen MR) is 114 cm³/mol. The number of allylic oxidation sites excluding steroid dienone is 1. The maximum atomic E-state index is 13.0. The summed E-state index contributed by atoms with van der Waals surface area (Å²) >= 11 is 0. The largest absolute Gasteiger partial charge is 0.506 e. The van der Waals surface area contributed by atoms with Gasteiger partial charge in [0.05, 0.1) is 12.2 Å². The molecule has 3 rings (SSSR count). The van der Waals surface area contributed by atoms with Crippen molar-refractivity contribution in [1.29, 1.82) is 0 Å². The zero-order chi connectivity index (χ0) is 20.6. The van der Waals surface area contributed by atoms with Gasteiger partial charge in [-0.25, -0.2) is 0 Å². The molecule has 5 nitrogen and oxygen atoms in total. The van der Waals surface area contributed by atoms with Crippen LogP contribution in [0.4, 0.5) is 0 Å². The number of nitrogens with zero attached hydrogens (tertiary/aromatic N) is 1. The van der Waals surface area contributed by atoms with E-state index in [1.54, 1.807) is 43.3 Å². The number of hydrogen-bond acceptors (Lipinski definition) is 5. The van der Waals surface area contributed by atoms with E-state index in [1.165, 1.54) is 6.21 Å². The standard InChI is InChI=1S/C24H21NO4/c1-2-29-22(26)16-25-15-21(23(27)18-9-4-3-5-10-18)24(28)20-13-12-17-8-6-7-11-19(17)14-20/h3-15,28H,2,16H2,1H3. The molecule has 0 atom stereocenters. The maximum Gasteiger partial charge on any atom is 0.327 e. The lowest BCUT2D eigenvalue weighted by Gasteiger charge is -2.08. The molecular formula is C24H21NO4. The van der Waals surface area contributed by atoms with Gasteiger partial charge in [-0.2, -0.15) is 0 Å². The Morgan fingerprint density at radius 2 is 1.62 bits per heavy atom. The summed E-state index contributed by atoms with van der Waals surface area (Å²) in [5, 5.41) is 12.9. The smallest absolute Gasteiger partial charge is 0.327 e. The van der Waals surface area contributed by atoms with Crippen LogP contribution in [0.15, 0.2) is 83.4 Å². The highest BCUT2D eigenvalue weighted by atomic mass is 16.5. The van der Waals surface area contributed by atoms with Crippen molar-refractivity contribution in [1.82, 2.24) is 0 Å². The fraction of sp³-hybridized carbons (Fsp3) is 0.125. The Kier molecular flexibility index (Phi) is 6.53. The van der Waals surface area contributed by atoms with Gasteiger partial charge in [0.25, 0.3) is 0 Å². The normalized spacial score (nSPS) is 12.0. The molecule has 0 saturated heterocycles. The average Bonchev–Trinajstić information content (AvgIpc) is 2.76. The van der Waals surface area contributed by atoms with Crippen LogP contribution >= 0.6 is 0 Å². The van der Waals surface area contributed by atoms with Crippen molar-refractivity contribution < 1.29 is 19.4 Å². The first-order valence-electron chi connectivity index (χ1n) is 9.27. The van der Waals surface area contributed by atoms with Gasteiger partial charge in [-0.15, -0.1) is 0 Å². The number of aliphatic hydroxyl groups is 1. The van der Waals surface area contributed by atoms with Crippen molar-refractivity contribution in [2.45, 2.75) is 6.92 Å². The number of fused-ring (bicyclic) bond motifs is 1. The number of hydrogen-bond donors (Lipinski definition) is 1. The first kappa shape index (κ1) is 20.0. The molecule has 0 unspecified atom stereocenters. The average molecular weight is 387 g/mol. The molecule has 0 aliphatic carbocycles. The van der Waals surface area contributed by atoms with Crippen molar-refractivity contribution >= 4 is 34.5 Å². The van der Waals surface area contributed by atoms with E-state index < -0.39 is 5.97 Å². The van der Waals surface area contributed by atoms with Gasteiger partial charge in [-0.1, -0.05) is 66.7 Å². The van der Waals surface area contributed by atoms with Crippen LogP contribution < -0.4 is 0 Å². The number of carbonyl (C=O) groups is 2. The summed E-state index contributed by atoms with van der Waals surface area (Å²) in [4.78, 5) is 28.6. The number of carbonyl (C=O) groups excluding carboxylic acids is 2. The number of aliphatic imine (C=N–C) groups is 1. The van der Waals surface area contributed by atoms with Gasteiger partial charge in [-0.05, 0) is 23.8 Å². The van der Waals surface area contributed by atoms with Crippen LogP contribution in [0.1, 0.15) is 22.8 Å². The molecule has 0 radical (unpaired) electrons. The fourth-order valence-electron chi connectivity index (χ4n) is 2.88. The number of benzene rings is 3. The highest BCUT2D eigenvalue weighted by Gasteiger charge is 2.17. The highest BCUT2D eigenvalue weighted by Crippen LogP contribution is 2.23. The van der Waals surface area contributed by atoms with Crippen LogP contribution in [-0.2, 0) is 9.53 Å². The molecular weight excluding hydrogens is 366 g/mol. The fourth-order valence-corrected chi connectivity index (χ4v) is 2.88. The van der Waals surface area contributed by atoms with Crippen LogP contribution in [0.25, 0.3) is 16.5 Å². The van der Waals surface area contributed by atoms with Crippen LogP contribution in [0.2, 0.25) is 0 Å². The maximum absolute atomic E-state index is 13.0. The molecule has 5 heteroatoms. The number of esters is 1. The zero-order valence-corrected chi connectivity index (χ0v) is 16.0. The molecule has 0 aliphatic heterocycles. The van der Waals surface area contributed by atoms with Crippen LogP contribution in [0.3, 0.4) is 0 Å². The van der Waals surface area contributed by atoms with E-state index in [0.717, 1.165) is 10.8 Å². The Balaban J connectivity index is 2.02. The monoisotopic (exact) mass is 387 g/mol. The highest BCUT2D eigenvalue weighted by molar-refractivity contribution is 6.25. The molecule has 0 heterocycles. The molecule has 146 valence electrons. The number of aliphatic hydroxyl groups excluding tert-OH is 1. The Bertz CT molecular complexity index is 1080. The van der Waals surface area contributed by atoms with Crippen LogP contribution in [0.5, 0.6) is 0 Å². The second-order valence-corrected chi connectivity index (χ2v) is 6.29. The summed E-state index contributed by atoms with van der Waals surface area (Å²) < 4.78 is 4.85. The number of rotatable bonds is 7. The molecule has 3 aromatic carbocycles. The molecule has 1 N–H and O–H groups in total. The lowest BCUT2D eigenvalue weighted by Crippen LogP contribution is -2.11. The minimum atomic E-state index is -0.500. The Morgan fingerprint density at radius 1 is 0.931 bits per heavy atom. The topological polar surface area (TPSA) is 76.0 Å². The minimum Gasteiger partial charge on any atom is -0.506 e. The second kappa shape index (κ2) is 9.46. The Morgan fingerprint density at radius 3 is 2.34 bits per heavy atom. The van der Waals surface area contributed by atoms with Crippen molar-refractivity contribution in [3.63, 3.8) is 0 Å². The van der Waals surface area contributed by atoms with Crippen molar-refractivity contribution in [3.05, 3.63) is 89.5 Å². The van der Waals surface area contributed by atoms with Gasteiger partial charge >= 0.3 is 5.97 Å². The van der Waals surface area contributed by atoms with Crippen molar-refractivity contribution in [2.24, 2.45) is 4.99 Å². The van der Waals surface area contributed by atoms with Gasteiger partial charge in [0.1, 0.15) is 12.3 Å². The third-order valence-electron chi connectivity index (χ3n) is 4.30. The molecule has 29 heavy (non-hydrogen) atoms. The van der Waals surface area contributed by atoms with Gasteiger partial charge in [0.15, 0.2) is 5.78 Å². The van der Waals surface area contributed by atoms with E-state index in [4.69, 9.17) is 4.74 Å². The molecule has 0 amide bonds. The van der Waals surface area contributed by atoms with E-state index in [9.17, 15) is 14.7 Å². The number of ketones is 1. The summed E-state index contributed by atoms with van der Waals surface area (Å²) in [5.74, 6) is -1.08. The first-order valence-corrected chi connectivity index (χ1v) is 9.27. The third-order valence-corrected chi connectivity index (χ3v) is 4.30. The molecule has 0 saturated carbocycles. The summed E-state index contributed by atoms with van der Waals surface area (Å²) in [6.07, 6.45) is 1.23. The molecule has 0 aliphatic rings. The molecule has 0 bridgehead atoms. The Hall–Kier alpha value is -3.73. The summed E-state index contributed by atoms with van der Waals surface area (Å²) in [5.41, 5.74) is 0.916. The van der Waals surface area contributed by atoms with Crippen LogP contribution in [-0.4, -0.2) is 36.2 Å². The molecule has 0 spiro atoms. The van der Waals surface area contributed by atoms with E-state index in [0.29, 0.717) is 11.1 Å². The SMILES string of the molecule is CCOC(=O)CN=CC(C(=O)c1ccccc1)=C(O)c1ccc2ccccc2c1. The predicted octanol–water partition coefficient (Wildman–Crippen LogP) is 4.63. The third kappa shape index (κ3) is 4.96. The van der Waals surface area contributed by atoms with Crippen molar-refractivity contribution in [3.8, 4) is 0 Å². The zero-order valence-electron chi connectivity index (χ0n) is 16.0. The molecule has 0 fully saturated rings. The van der Waals surface area contributed by atoms with E-state index in [2.05, 4.69) is 4.99 Å². The lowest BCUT2D eigenvalue weighted by atomic mass is 9.98. The van der Waals surface area contributed by atoms with Gasteiger partial charge < -0.3 is 9.84 Å². The van der Waals surface area contributed by atoms with E-state index in [1.807, 2.05) is 36.4 Å². The quantitative estimate of drug-likeness (QED) is 0.211. The van der Waals surface area contributed by atoms with Crippen molar-refractivity contribution in [2.75, 3.05) is 13.2 Å². The number of ether oxygens (including phenoxy) is 1. The second-order valence-electron chi connectivity index (χ2n) is 6.29. The van der Waals surface area contributed by atoms with Gasteiger partial charge in [-0.3, -0.25) is 14.6 Å². The summed E-state index contributed by atoms with van der Waals surface area (Å²) in [6.45, 7) is 1.73. The lowest BCUT2D eigenvalue weighted by molar-refractivity contribution is -0.141. The minimum absolute atomic E-state index is 0.00998. The van der Waals surface area contributed by atoms with Gasteiger partial charge in [0.2, 0.25) is 0 Å². The number of Topliss-reactive ketones (excluding diaryl/α,β-unsaturated/α-hetero) is 1. The Labute approximate surface area is 169 Å². The summed E-state index contributed by atoms with van der Waals surface area (Å²) in [7, 11) is 0.